The van der Waals surface area contributed by atoms with Crippen LogP contribution < -0.4 is 5.32 Å². The van der Waals surface area contributed by atoms with Gasteiger partial charge in [-0.3, -0.25) is 14.9 Å². The number of carbonyl (C=O) groups excluding carboxylic acids is 1. The molecule has 3 aromatic rings. The van der Waals surface area contributed by atoms with Gasteiger partial charge in [0.2, 0.25) is 5.91 Å². The van der Waals surface area contributed by atoms with E-state index in [1.54, 1.807) is 36.2 Å². The van der Waals surface area contributed by atoms with Gasteiger partial charge in [0.1, 0.15) is 0 Å². The number of fused-ring (bicyclic) bond motifs is 1. The standard InChI is InChI=1S/C19H15N3O3S2/c1-11-6-7-12(8-15(11)22(24)25)14-10-26-19(20-14)21-18(23)17-9-13-4-2-3-5-16(13)27-17/h2-8,10,17H,9H2,1H3,(H,20,21,23). The van der Waals surface area contributed by atoms with Crippen molar-refractivity contribution >= 4 is 39.8 Å². The maximum absolute atomic E-state index is 12.6. The van der Waals surface area contributed by atoms with Gasteiger partial charge in [-0.15, -0.1) is 23.1 Å². The maximum atomic E-state index is 12.6. The number of rotatable bonds is 4. The lowest BCUT2D eigenvalue weighted by molar-refractivity contribution is -0.385. The Kier molecular flexibility index (Phi) is 4.67. The van der Waals surface area contributed by atoms with Crippen molar-refractivity contribution in [1.29, 1.82) is 0 Å². The molecule has 0 fully saturated rings. The van der Waals surface area contributed by atoms with E-state index >= 15 is 0 Å². The van der Waals surface area contributed by atoms with E-state index < -0.39 is 4.92 Å². The van der Waals surface area contributed by atoms with Crippen molar-refractivity contribution in [3.8, 4) is 11.3 Å². The molecule has 1 atom stereocenters. The molecule has 8 heteroatoms. The summed E-state index contributed by atoms with van der Waals surface area (Å²) in [5.74, 6) is -0.0769. The molecule has 0 saturated heterocycles. The number of nitrogens with zero attached hydrogens (tertiary/aromatic N) is 2. The molecule has 2 aromatic carbocycles. The largest absolute Gasteiger partial charge is 0.301 e. The quantitative estimate of drug-likeness (QED) is 0.510. The number of thiazole rings is 1. The number of thioether (sulfide) groups is 1. The van der Waals surface area contributed by atoms with E-state index in [1.165, 1.54) is 23.0 Å². The lowest BCUT2D eigenvalue weighted by atomic mass is 10.1. The molecule has 0 bridgehead atoms. The third-order valence-corrected chi connectivity index (χ3v) is 6.45. The van der Waals surface area contributed by atoms with Crippen molar-refractivity contribution < 1.29 is 9.72 Å². The van der Waals surface area contributed by atoms with E-state index in [4.69, 9.17) is 0 Å². The van der Waals surface area contributed by atoms with E-state index in [1.807, 2.05) is 24.3 Å². The van der Waals surface area contributed by atoms with Crippen molar-refractivity contribution in [2.75, 3.05) is 5.32 Å². The molecule has 1 aromatic heterocycles. The molecule has 136 valence electrons. The van der Waals surface area contributed by atoms with Crippen molar-refractivity contribution in [3.63, 3.8) is 0 Å². The van der Waals surface area contributed by atoms with Gasteiger partial charge in [0.05, 0.1) is 15.9 Å². The van der Waals surface area contributed by atoms with Crippen LogP contribution in [0.2, 0.25) is 0 Å². The van der Waals surface area contributed by atoms with Crippen LogP contribution in [0, 0.1) is 17.0 Å². The van der Waals surface area contributed by atoms with E-state index in [0.717, 1.165) is 4.90 Å². The Morgan fingerprint density at radius 3 is 2.89 bits per heavy atom. The fourth-order valence-electron chi connectivity index (χ4n) is 2.94. The third kappa shape index (κ3) is 3.58. The summed E-state index contributed by atoms with van der Waals surface area (Å²) in [6.07, 6.45) is 0.703. The Hall–Kier alpha value is -2.71. The monoisotopic (exact) mass is 397 g/mol. The highest BCUT2D eigenvalue weighted by molar-refractivity contribution is 8.01. The first-order chi connectivity index (χ1) is 13.0. The number of hydrogen-bond acceptors (Lipinski definition) is 6. The van der Waals surface area contributed by atoms with Gasteiger partial charge in [-0.25, -0.2) is 4.98 Å². The van der Waals surface area contributed by atoms with Crippen LogP contribution in [0.15, 0.2) is 52.7 Å². The zero-order chi connectivity index (χ0) is 19.0. The van der Waals surface area contributed by atoms with E-state index in [0.29, 0.717) is 28.4 Å². The minimum atomic E-state index is -0.400. The third-order valence-electron chi connectivity index (χ3n) is 4.38. The molecular formula is C19H15N3O3S2. The van der Waals surface area contributed by atoms with Crippen LogP contribution in [0.4, 0.5) is 10.8 Å². The molecule has 6 nitrogen and oxygen atoms in total. The van der Waals surface area contributed by atoms with Crippen LogP contribution in [-0.4, -0.2) is 21.1 Å². The molecule has 4 rings (SSSR count). The van der Waals surface area contributed by atoms with Crippen LogP contribution in [0.1, 0.15) is 11.1 Å². The average molecular weight is 397 g/mol. The molecule has 1 aliphatic rings. The summed E-state index contributed by atoms with van der Waals surface area (Å²) in [6, 6.07) is 13.0. The molecule has 1 aliphatic heterocycles. The highest BCUT2D eigenvalue weighted by atomic mass is 32.2. The molecule has 1 unspecified atom stereocenters. The number of amides is 1. The molecule has 0 radical (unpaired) electrons. The number of anilines is 1. The Morgan fingerprint density at radius 1 is 1.30 bits per heavy atom. The van der Waals surface area contributed by atoms with Gasteiger partial charge >= 0.3 is 0 Å². The van der Waals surface area contributed by atoms with Gasteiger partial charge in [-0.2, -0.15) is 0 Å². The summed E-state index contributed by atoms with van der Waals surface area (Å²) >= 11 is 2.87. The number of aromatic nitrogens is 1. The number of nitro benzene ring substituents is 1. The first-order valence-electron chi connectivity index (χ1n) is 8.27. The minimum Gasteiger partial charge on any atom is -0.301 e. The molecule has 0 aliphatic carbocycles. The van der Waals surface area contributed by atoms with Gasteiger partial charge in [-0.05, 0) is 25.0 Å². The molecule has 27 heavy (non-hydrogen) atoms. The van der Waals surface area contributed by atoms with Gasteiger partial charge in [0.15, 0.2) is 5.13 Å². The highest BCUT2D eigenvalue weighted by Crippen LogP contribution is 2.37. The fraction of sp³-hybridized carbons (Fsp3) is 0.158. The van der Waals surface area contributed by atoms with Crippen LogP contribution >= 0.6 is 23.1 Å². The second-order valence-corrected chi connectivity index (χ2v) is 8.31. The van der Waals surface area contributed by atoms with Gasteiger partial charge in [-0.1, -0.05) is 30.3 Å². The summed E-state index contributed by atoms with van der Waals surface area (Å²) in [6.45, 7) is 1.70. The molecular weight excluding hydrogens is 382 g/mol. The highest BCUT2D eigenvalue weighted by Gasteiger charge is 2.28. The number of hydrogen-bond donors (Lipinski definition) is 1. The number of aryl methyl sites for hydroxylation is 1. The Balaban J connectivity index is 1.48. The van der Waals surface area contributed by atoms with Crippen LogP contribution in [-0.2, 0) is 11.2 Å². The van der Waals surface area contributed by atoms with Gasteiger partial charge in [0.25, 0.3) is 5.69 Å². The lowest BCUT2D eigenvalue weighted by Gasteiger charge is -2.07. The molecule has 1 amide bonds. The Bertz CT molecular complexity index is 1020. The molecule has 0 saturated carbocycles. The summed E-state index contributed by atoms with van der Waals surface area (Å²) in [4.78, 5) is 28.9. The first kappa shape index (κ1) is 17.7. The Labute approximate surface area is 163 Å². The number of nitrogens with one attached hydrogen (secondary N) is 1. The predicted molar refractivity (Wildman–Crippen MR) is 107 cm³/mol. The zero-order valence-corrected chi connectivity index (χ0v) is 16.0. The predicted octanol–water partition coefficient (Wildman–Crippen LogP) is 4.68. The smallest absolute Gasteiger partial charge is 0.272 e. The fourth-order valence-corrected chi connectivity index (χ4v) is 4.86. The number of benzene rings is 2. The lowest BCUT2D eigenvalue weighted by Crippen LogP contribution is -2.24. The zero-order valence-electron chi connectivity index (χ0n) is 14.3. The second-order valence-electron chi connectivity index (χ2n) is 6.20. The minimum absolute atomic E-state index is 0.0613. The average Bonchev–Trinajstić information content (AvgIpc) is 3.28. The summed E-state index contributed by atoms with van der Waals surface area (Å²) in [5, 5.41) is 16.1. The SMILES string of the molecule is Cc1ccc(-c2csc(NC(=O)C3Cc4ccccc4S3)n2)cc1[N+](=O)[O-]. The van der Waals surface area contributed by atoms with Crippen molar-refractivity contribution in [2.45, 2.75) is 23.5 Å². The molecule has 1 N–H and O–H groups in total. The van der Waals surface area contributed by atoms with Crippen LogP contribution in [0.3, 0.4) is 0 Å². The summed E-state index contributed by atoms with van der Waals surface area (Å²) in [7, 11) is 0. The normalized spacial score (nSPS) is 15.4. The van der Waals surface area contributed by atoms with Crippen LogP contribution in [0.5, 0.6) is 0 Å². The summed E-state index contributed by atoms with van der Waals surface area (Å²) in [5.41, 5.74) is 3.12. The van der Waals surface area contributed by atoms with Gasteiger partial charge in [0, 0.05) is 27.5 Å². The topological polar surface area (TPSA) is 85.1 Å². The molecule has 2 heterocycles. The van der Waals surface area contributed by atoms with Crippen molar-refractivity contribution in [1.82, 2.24) is 4.98 Å². The second kappa shape index (κ2) is 7.13. The maximum Gasteiger partial charge on any atom is 0.272 e. The van der Waals surface area contributed by atoms with Crippen molar-refractivity contribution in [2.24, 2.45) is 0 Å². The van der Waals surface area contributed by atoms with E-state index in [-0.39, 0.29) is 16.8 Å². The van der Waals surface area contributed by atoms with Gasteiger partial charge < -0.3 is 5.32 Å². The Morgan fingerprint density at radius 2 is 2.11 bits per heavy atom. The van der Waals surface area contributed by atoms with E-state index in [2.05, 4.69) is 10.3 Å². The number of carbonyl (C=O) groups is 1. The van der Waals surface area contributed by atoms with Crippen LogP contribution in [0.25, 0.3) is 11.3 Å². The first-order valence-corrected chi connectivity index (χ1v) is 10.0. The molecule has 0 spiro atoms. The van der Waals surface area contributed by atoms with E-state index in [9.17, 15) is 14.9 Å². The summed E-state index contributed by atoms with van der Waals surface area (Å²) < 4.78 is 0. The number of nitro groups is 1. The van der Waals surface area contributed by atoms with Crippen molar-refractivity contribution in [3.05, 3.63) is 69.1 Å².